The van der Waals surface area contributed by atoms with Gasteiger partial charge in [0.05, 0.1) is 16.1 Å². The lowest BCUT2D eigenvalue weighted by Crippen LogP contribution is -2.11. The van der Waals surface area contributed by atoms with Crippen LogP contribution in [0.25, 0.3) is 84.9 Å². The number of rotatable bonds is 10. The molecule has 0 radical (unpaired) electrons. The van der Waals surface area contributed by atoms with Crippen molar-refractivity contribution in [2.75, 3.05) is 9.80 Å². The van der Waals surface area contributed by atoms with Gasteiger partial charge in [-0.3, -0.25) is 0 Å². The summed E-state index contributed by atoms with van der Waals surface area (Å²) in [6.45, 7) is 0. The first-order valence-corrected chi connectivity index (χ1v) is 25.4. The lowest BCUT2D eigenvalue weighted by molar-refractivity contribution is 1.29. The van der Waals surface area contributed by atoms with E-state index < -0.39 is 0 Å². The van der Waals surface area contributed by atoms with E-state index in [2.05, 4.69) is 277 Å². The zero-order chi connectivity index (χ0) is 46.4. The van der Waals surface area contributed by atoms with Gasteiger partial charge in [0.15, 0.2) is 0 Å². The Balaban J connectivity index is 1.01. The minimum atomic E-state index is 1.10. The third-order valence-corrected chi connectivity index (χ3v) is 15.8. The number of hydrogen-bond acceptors (Lipinski definition) is 4. The Morgan fingerprint density at radius 3 is 1.26 bits per heavy atom. The van der Waals surface area contributed by atoms with Gasteiger partial charge in [0.1, 0.15) is 0 Å². The van der Waals surface area contributed by atoms with Crippen LogP contribution < -0.4 is 9.80 Å². The lowest BCUT2D eigenvalue weighted by atomic mass is 9.94. The Morgan fingerprint density at radius 1 is 0.229 bits per heavy atom. The van der Waals surface area contributed by atoms with E-state index >= 15 is 0 Å². The first kappa shape index (κ1) is 41.6. The third kappa shape index (κ3) is 7.61. The van der Waals surface area contributed by atoms with Crippen LogP contribution in [0, 0.1) is 0 Å². The number of benzene rings is 11. The molecule has 0 saturated carbocycles. The molecule has 330 valence electrons. The van der Waals surface area contributed by atoms with Crippen molar-refractivity contribution in [3.05, 3.63) is 267 Å². The van der Waals surface area contributed by atoms with Crippen molar-refractivity contribution in [1.82, 2.24) is 0 Å². The first-order valence-electron chi connectivity index (χ1n) is 23.7. The molecule has 13 aromatic rings. The van der Waals surface area contributed by atoms with Gasteiger partial charge in [0.25, 0.3) is 0 Å². The van der Waals surface area contributed by atoms with Crippen molar-refractivity contribution < 1.29 is 0 Å². The smallest absolute Gasteiger partial charge is 0.0646 e. The van der Waals surface area contributed by atoms with Crippen LogP contribution in [0.1, 0.15) is 0 Å². The van der Waals surface area contributed by atoms with Crippen molar-refractivity contribution in [2.45, 2.75) is 0 Å². The van der Waals surface area contributed by atoms with Crippen LogP contribution in [0.15, 0.2) is 267 Å². The lowest BCUT2D eigenvalue weighted by Gasteiger charge is -2.28. The second-order valence-corrected chi connectivity index (χ2v) is 19.8. The summed E-state index contributed by atoms with van der Waals surface area (Å²) in [5.74, 6) is 0. The quantitative estimate of drug-likeness (QED) is 0.135. The van der Waals surface area contributed by atoms with Gasteiger partial charge in [0.2, 0.25) is 0 Å². The molecule has 2 aromatic heterocycles. The van der Waals surface area contributed by atoms with Crippen molar-refractivity contribution >= 4 is 97.1 Å². The Morgan fingerprint density at radius 2 is 0.671 bits per heavy atom. The molecule has 0 aliphatic heterocycles. The third-order valence-electron chi connectivity index (χ3n) is 13.4. The number of anilines is 6. The fraction of sp³-hybridized carbons (Fsp3) is 0. The van der Waals surface area contributed by atoms with Gasteiger partial charge in [-0.25, -0.2) is 0 Å². The molecule has 0 saturated heterocycles. The molecular formula is C66H44N2S2. The van der Waals surface area contributed by atoms with E-state index in [1.165, 1.54) is 68.2 Å². The van der Waals surface area contributed by atoms with Crippen LogP contribution in [0.5, 0.6) is 0 Å². The zero-order valence-electron chi connectivity index (χ0n) is 38.1. The average molecular weight is 929 g/mol. The molecule has 2 heterocycles. The van der Waals surface area contributed by atoms with E-state index in [9.17, 15) is 0 Å². The Labute approximate surface area is 415 Å². The van der Waals surface area contributed by atoms with Gasteiger partial charge < -0.3 is 9.80 Å². The molecule has 0 atom stereocenters. The van der Waals surface area contributed by atoms with Gasteiger partial charge in [-0.2, -0.15) is 0 Å². The molecule has 4 heteroatoms. The van der Waals surface area contributed by atoms with Crippen molar-refractivity contribution in [1.29, 1.82) is 0 Å². The summed E-state index contributed by atoms with van der Waals surface area (Å²) in [5, 5.41) is 5.05. The van der Waals surface area contributed by atoms with Crippen molar-refractivity contribution in [3.63, 3.8) is 0 Å². The fourth-order valence-electron chi connectivity index (χ4n) is 10.1. The molecule has 0 aliphatic rings. The highest BCUT2D eigenvalue weighted by Gasteiger charge is 2.23. The van der Waals surface area contributed by atoms with Gasteiger partial charge >= 0.3 is 0 Å². The van der Waals surface area contributed by atoms with E-state index in [1.54, 1.807) is 0 Å². The summed E-state index contributed by atoms with van der Waals surface area (Å²) in [6.07, 6.45) is 0. The van der Waals surface area contributed by atoms with Crippen LogP contribution >= 0.6 is 22.7 Å². The van der Waals surface area contributed by atoms with E-state index in [-0.39, 0.29) is 0 Å². The largest absolute Gasteiger partial charge is 0.310 e. The highest BCUT2D eigenvalue weighted by Crippen LogP contribution is 2.50. The Bertz CT molecular complexity index is 3970. The second kappa shape index (κ2) is 17.8. The second-order valence-electron chi connectivity index (χ2n) is 17.7. The van der Waals surface area contributed by atoms with Crippen LogP contribution in [0.2, 0.25) is 0 Å². The summed E-state index contributed by atoms with van der Waals surface area (Å²) in [6, 6.07) is 97.5. The van der Waals surface area contributed by atoms with Gasteiger partial charge in [-0.15, -0.1) is 22.7 Å². The number of para-hydroxylation sites is 2. The Kier molecular flexibility index (Phi) is 10.6. The maximum atomic E-state index is 2.44. The van der Waals surface area contributed by atoms with Crippen LogP contribution in [0.4, 0.5) is 34.1 Å². The normalized spacial score (nSPS) is 11.4. The van der Waals surface area contributed by atoms with Crippen molar-refractivity contribution in [2.24, 2.45) is 0 Å². The van der Waals surface area contributed by atoms with E-state index in [0.29, 0.717) is 0 Å². The maximum Gasteiger partial charge on any atom is 0.0646 e. The summed E-state index contributed by atoms with van der Waals surface area (Å²) in [4.78, 5) is 4.87. The molecule has 0 spiro atoms. The van der Waals surface area contributed by atoms with Crippen LogP contribution in [0.3, 0.4) is 0 Å². The minimum Gasteiger partial charge on any atom is -0.310 e. The van der Waals surface area contributed by atoms with E-state index in [4.69, 9.17) is 0 Å². The minimum absolute atomic E-state index is 1.10. The highest BCUT2D eigenvalue weighted by atomic mass is 32.1. The summed E-state index contributed by atoms with van der Waals surface area (Å²) in [7, 11) is 0. The zero-order valence-corrected chi connectivity index (χ0v) is 39.7. The molecule has 13 rings (SSSR count). The molecule has 2 nitrogen and oxygen atoms in total. The number of nitrogens with zero attached hydrogens (tertiary/aromatic N) is 2. The number of thiophene rings is 2. The van der Waals surface area contributed by atoms with Crippen molar-refractivity contribution in [3.8, 4) is 44.5 Å². The molecule has 0 bridgehead atoms. The summed E-state index contributed by atoms with van der Waals surface area (Å²) in [5.41, 5.74) is 16.1. The standard InChI is InChI=1S/C66H44N2S2/c1-5-18-45(19-6-1)47-32-36-54(37-33-47)67(52-24-9-3-10-25-52)61-43-59-56-28-13-15-30-63(56)69-65(59)44-58(61)50-23-17-22-49(40-50)51-41-60-57-29-14-16-31-64(57)70-66(60)62(42-51)68(53-26-11-4-12-27-53)55-38-34-48(35-39-55)46-20-7-2-8-21-46/h1-44H. The molecular weight excluding hydrogens is 885 g/mol. The topological polar surface area (TPSA) is 6.48 Å². The van der Waals surface area contributed by atoms with Gasteiger partial charge in [0, 0.05) is 64.0 Å². The monoisotopic (exact) mass is 928 g/mol. The Hall–Kier alpha value is -8.54. The average Bonchev–Trinajstić information content (AvgIpc) is 4.00. The summed E-state index contributed by atoms with van der Waals surface area (Å²) >= 11 is 3.73. The predicted molar refractivity (Wildman–Crippen MR) is 303 cm³/mol. The number of fused-ring (bicyclic) bond motifs is 6. The summed E-state index contributed by atoms with van der Waals surface area (Å²) < 4.78 is 5.08. The predicted octanol–water partition coefficient (Wildman–Crippen LogP) is 20.0. The first-order chi connectivity index (χ1) is 34.7. The molecule has 0 fully saturated rings. The maximum absolute atomic E-state index is 2.44. The number of hydrogen-bond donors (Lipinski definition) is 0. The van der Waals surface area contributed by atoms with Gasteiger partial charge in [-0.05, 0) is 130 Å². The molecule has 0 aliphatic carbocycles. The molecule has 70 heavy (non-hydrogen) atoms. The molecule has 11 aromatic carbocycles. The van der Waals surface area contributed by atoms with Crippen LogP contribution in [-0.4, -0.2) is 0 Å². The SMILES string of the molecule is c1ccc(-c2ccc(N(c3ccccc3)c3cc4c(cc3-c3cccc(-c5cc(N(c6ccccc6)c6ccc(-c7ccccc7)cc6)c6sc7ccccc7c6c5)c3)sc3ccccc34)cc2)cc1. The highest BCUT2D eigenvalue weighted by molar-refractivity contribution is 7.26. The molecule has 0 amide bonds. The van der Waals surface area contributed by atoms with Gasteiger partial charge in [-0.1, -0.05) is 176 Å². The van der Waals surface area contributed by atoms with E-state index in [0.717, 1.165) is 50.8 Å². The molecule has 0 unspecified atom stereocenters. The fourth-order valence-corrected chi connectivity index (χ4v) is 12.4. The van der Waals surface area contributed by atoms with Crippen LogP contribution in [-0.2, 0) is 0 Å². The molecule has 0 N–H and O–H groups in total. The van der Waals surface area contributed by atoms with E-state index in [1.807, 2.05) is 22.7 Å².